The van der Waals surface area contributed by atoms with Crippen LogP contribution in [0.3, 0.4) is 0 Å². The van der Waals surface area contributed by atoms with Gasteiger partial charge in [0.05, 0.1) is 11.4 Å². The molecule has 1 aliphatic heterocycles. The number of benzodiazepines with no additional fused rings is 1. The topological polar surface area (TPSA) is 128 Å². The third-order valence-corrected chi connectivity index (χ3v) is 6.11. The van der Waals surface area contributed by atoms with Crippen LogP contribution in [0, 0.1) is 0 Å². The lowest BCUT2D eigenvalue weighted by Crippen LogP contribution is -2.42. The third kappa shape index (κ3) is 5.09. The molecule has 0 bridgehead atoms. The van der Waals surface area contributed by atoms with E-state index in [0.717, 1.165) is 5.56 Å². The predicted molar refractivity (Wildman–Crippen MR) is 141 cm³/mol. The number of nitrogens with one attached hydrogen (secondary N) is 4. The number of rotatable bonds is 5. The van der Waals surface area contributed by atoms with Crippen molar-refractivity contribution < 1.29 is 14.4 Å². The molecule has 2 heterocycles. The number of aliphatic imine (C=N–C) groups is 1. The number of nitrogens with zero attached hydrogens (tertiary/aromatic N) is 2. The number of carbonyl (C=O) groups is 3. The highest BCUT2D eigenvalue weighted by Gasteiger charge is 2.29. The Morgan fingerprint density at radius 1 is 0.892 bits per heavy atom. The highest BCUT2D eigenvalue weighted by Crippen LogP contribution is 2.26. The Hall–Kier alpha value is -4.47. The molecule has 4 N–H and O–H groups in total. The Morgan fingerprint density at radius 3 is 2.43 bits per heavy atom. The van der Waals surface area contributed by atoms with Gasteiger partial charge in [-0.3, -0.25) is 19.5 Å². The standard InChI is InChI=1S/C26H18Cl2N6O3/c27-16-10-6-9-15(13-16)24(35)31-22-19(28)21(33-34-22)25(36)32-23-26(37)29-18-12-5-4-11-17(18)20(30-23)14-7-2-1-3-8-14/h1-13,23H,(H,29,37)(H,32,36)(H2,31,33,34,35). The molecular formula is C26H18Cl2N6O3. The third-order valence-electron chi connectivity index (χ3n) is 5.51. The first-order chi connectivity index (χ1) is 17.9. The maximum atomic E-state index is 13.1. The summed E-state index contributed by atoms with van der Waals surface area (Å²) in [6.07, 6.45) is -1.27. The van der Waals surface area contributed by atoms with E-state index in [4.69, 9.17) is 23.2 Å². The summed E-state index contributed by atoms with van der Waals surface area (Å²) < 4.78 is 0. The van der Waals surface area contributed by atoms with Crippen LogP contribution in [0.1, 0.15) is 32.0 Å². The molecule has 37 heavy (non-hydrogen) atoms. The van der Waals surface area contributed by atoms with Crippen LogP contribution >= 0.6 is 23.2 Å². The van der Waals surface area contributed by atoms with Gasteiger partial charge in [-0.15, -0.1) is 0 Å². The van der Waals surface area contributed by atoms with Gasteiger partial charge in [-0.2, -0.15) is 5.10 Å². The average molecular weight is 533 g/mol. The predicted octanol–water partition coefficient (Wildman–Crippen LogP) is 4.51. The van der Waals surface area contributed by atoms with E-state index in [1.165, 1.54) is 6.07 Å². The number of H-pyrrole nitrogens is 1. The van der Waals surface area contributed by atoms with Crippen LogP contribution in [0.15, 0.2) is 83.9 Å². The van der Waals surface area contributed by atoms with Gasteiger partial charge in [0.1, 0.15) is 10.8 Å². The molecule has 184 valence electrons. The molecule has 1 aliphatic rings. The van der Waals surface area contributed by atoms with Crippen molar-refractivity contribution in [1.29, 1.82) is 0 Å². The summed E-state index contributed by atoms with van der Waals surface area (Å²) in [4.78, 5) is 43.1. The first kappa shape index (κ1) is 24.2. The van der Waals surface area contributed by atoms with Gasteiger partial charge in [-0.25, -0.2) is 4.99 Å². The fraction of sp³-hybridized carbons (Fsp3) is 0.0385. The lowest BCUT2D eigenvalue weighted by Gasteiger charge is -2.12. The molecule has 9 nitrogen and oxygen atoms in total. The van der Waals surface area contributed by atoms with E-state index in [1.807, 2.05) is 42.5 Å². The Balaban J connectivity index is 1.40. The number of carbonyl (C=O) groups excluding carboxylic acids is 3. The first-order valence-electron chi connectivity index (χ1n) is 11.1. The Labute approximate surface area is 220 Å². The second-order valence-corrected chi connectivity index (χ2v) is 8.79. The molecule has 11 heteroatoms. The van der Waals surface area contributed by atoms with Crippen molar-refractivity contribution >= 4 is 58.1 Å². The molecule has 4 aromatic rings. The maximum absolute atomic E-state index is 13.1. The lowest BCUT2D eigenvalue weighted by atomic mass is 10.0. The lowest BCUT2D eigenvalue weighted by molar-refractivity contribution is -0.117. The van der Waals surface area contributed by atoms with Crippen LogP contribution in [-0.2, 0) is 4.79 Å². The summed E-state index contributed by atoms with van der Waals surface area (Å²) in [6.45, 7) is 0. The average Bonchev–Trinajstić information content (AvgIpc) is 3.20. The number of anilines is 2. The molecule has 0 radical (unpaired) electrons. The van der Waals surface area contributed by atoms with Crippen LogP contribution in [0.2, 0.25) is 10.0 Å². The van der Waals surface area contributed by atoms with Crippen molar-refractivity contribution in [3.63, 3.8) is 0 Å². The molecule has 1 aromatic heterocycles. The summed E-state index contributed by atoms with van der Waals surface area (Å²) in [5.41, 5.74) is 2.66. The molecule has 3 aromatic carbocycles. The van der Waals surface area contributed by atoms with Crippen LogP contribution in [0.4, 0.5) is 11.5 Å². The van der Waals surface area contributed by atoms with Gasteiger partial charge in [-0.05, 0) is 24.3 Å². The Morgan fingerprint density at radius 2 is 1.65 bits per heavy atom. The minimum atomic E-state index is -1.27. The molecule has 0 fully saturated rings. The van der Waals surface area contributed by atoms with Crippen LogP contribution in [0.25, 0.3) is 0 Å². The van der Waals surface area contributed by atoms with E-state index in [-0.39, 0.29) is 16.5 Å². The molecule has 0 saturated carbocycles. The first-order valence-corrected chi connectivity index (χ1v) is 11.8. The second-order valence-electron chi connectivity index (χ2n) is 7.98. The molecular weight excluding hydrogens is 515 g/mol. The zero-order valence-corrected chi connectivity index (χ0v) is 20.5. The minimum absolute atomic E-state index is 0.0167. The summed E-state index contributed by atoms with van der Waals surface area (Å²) in [5.74, 6) is -1.78. The summed E-state index contributed by atoms with van der Waals surface area (Å²) in [7, 11) is 0. The largest absolute Gasteiger partial charge is 0.322 e. The van der Waals surface area contributed by atoms with E-state index in [0.29, 0.717) is 27.5 Å². The van der Waals surface area contributed by atoms with Crippen LogP contribution in [0.5, 0.6) is 0 Å². The monoisotopic (exact) mass is 532 g/mol. The smallest absolute Gasteiger partial charge is 0.275 e. The van der Waals surface area contributed by atoms with E-state index in [9.17, 15) is 14.4 Å². The SMILES string of the molecule is O=C(Nc1[nH]nc(C(=O)NC2N=C(c3ccccc3)c3ccccc3NC2=O)c1Cl)c1cccc(Cl)c1. The van der Waals surface area contributed by atoms with Gasteiger partial charge >= 0.3 is 0 Å². The van der Waals surface area contributed by atoms with E-state index in [2.05, 4.69) is 31.1 Å². The fourth-order valence-corrected chi connectivity index (χ4v) is 4.16. The molecule has 5 rings (SSSR count). The number of para-hydroxylation sites is 1. The number of amides is 3. The Bertz CT molecular complexity index is 1550. The molecule has 0 saturated heterocycles. The molecule has 1 unspecified atom stereocenters. The van der Waals surface area contributed by atoms with Crippen LogP contribution < -0.4 is 16.0 Å². The molecule has 1 atom stereocenters. The maximum Gasteiger partial charge on any atom is 0.275 e. The van der Waals surface area contributed by atoms with Crippen molar-refractivity contribution in [2.24, 2.45) is 4.99 Å². The summed E-state index contributed by atoms with van der Waals surface area (Å²) in [6, 6.07) is 22.9. The van der Waals surface area contributed by atoms with Crippen LogP contribution in [-0.4, -0.2) is 39.8 Å². The van der Waals surface area contributed by atoms with E-state index in [1.54, 1.807) is 30.3 Å². The number of benzene rings is 3. The highest BCUT2D eigenvalue weighted by atomic mass is 35.5. The highest BCUT2D eigenvalue weighted by molar-refractivity contribution is 6.36. The van der Waals surface area contributed by atoms with Gasteiger partial charge in [0.15, 0.2) is 5.69 Å². The van der Waals surface area contributed by atoms with Crippen molar-refractivity contribution in [2.45, 2.75) is 6.17 Å². The quantitative estimate of drug-likeness (QED) is 0.301. The second kappa shape index (κ2) is 10.3. The van der Waals surface area contributed by atoms with Gasteiger partial charge in [0, 0.05) is 21.7 Å². The van der Waals surface area contributed by atoms with E-state index < -0.39 is 23.9 Å². The zero-order chi connectivity index (χ0) is 25.9. The molecule has 0 spiro atoms. The van der Waals surface area contributed by atoms with Gasteiger partial charge in [0.2, 0.25) is 6.17 Å². The van der Waals surface area contributed by atoms with Crippen molar-refractivity contribution in [3.05, 3.63) is 111 Å². The van der Waals surface area contributed by atoms with E-state index >= 15 is 0 Å². The van der Waals surface area contributed by atoms with Crippen molar-refractivity contribution in [3.8, 4) is 0 Å². The fourth-order valence-electron chi connectivity index (χ4n) is 3.75. The summed E-state index contributed by atoms with van der Waals surface area (Å²) >= 11 is 12.3. The normalized spacial score (nSPS) is 14.6. The van der Waals surface area contributed by atoms with Crippen molar-refractivity contribution in [2.75, 3.05) is 10.6 Å². The van der Waals surface area contributed by atoms with Gasteiger partial charge in [0.25, 0.3) is 17.7 Å². The zero-order valence-electron chi connectivity index (χ0n) is 19.0. The number of fused-ring (bicyclic) bond motifs is 1. The van der Waals surface area contributed by atoms with Gasteiger partial charge in [-0.1, -0.05) is 77.8 Å². The number of halogens is 2. The molecule has 3 amide bonds. The van der Waals surface area contributed by atoms with Gasteiger partial charge < -0.3 is 16.0 Å². The molecule has 0 aliphatic carbocycles. The number of hydrogen-bond donors (Lipinski definition) is 4. The minimum Gasteiger partial charge on any atom is -0.322 e. The number of aromatic nitrogens is 2. The summed E-state index contributed by atoms with van der Waals surface area (Å²) in [5, 5.41) is 14.6. The van der Waals surface area contributed by atoms with Crippen molar-refractivity contribution in [1.82, 2.24) is 15.5 Å². The Kier molecular flexibility index (Phi) is 6.72. The number of aromatic amines is 1. The number of hydrogen-bond acceptors (Lipinski definition) is 5.